The molecule has 0 saturated carbocycles. The van der Waals surface area contributed by atoms with Crippen molar-refractivity contribution < 1.29 is 9.53 Å². The lowest BCUT2D eigenvalue weighted by molar-refractivity contribution is -0.120. The molecule has 82 valence electrons. The van der Waals surface area contributed by atoms with Crippen LogP contribution in [0, 0.1) is 0 Å². The molecule has 1 fully saturated rings. The molecule has 14 heavy (non-hydrogen) atoms. The minimum absolute atomic E-state index is 0.131. The first-order chi connectivity index (χ1) is 6.72. The van der Waals surface area contributed by atoms with Crippen molar-refractivity contribution in [2.45, 2.75) is 26.4 Å². The molecule has 4 heteroatoms. The Morgan fingerprint density at radius 1 is 1.64 bits per heavy atom. The third-order valence-corrected chi connectivity index (χ3v) is 2.40. The Bertz CT molecular complexity index is 185. The van der Waals surface area contributed by atoms with Gasteiger partial charge >= 0.3 is 0 Å². The van der Waals surface area contributed by atoms with E-state index in [0.717, 1.165) is 32.8 Å². The van der Waals surface area contributed by atoms with E-state index in [1.165, 1.54) is 0 Å². The minimum atomic E-state index is 0.131. The molecule has 0 spiro atoms. The molecule has 1 aliphatic rings. The van der Waals surface area contributed by atoms with E-state index in [1.807, 2.05) is 6.92 Å². The Morgan fingerprint density at radius 2 is 2.43 bits per heavy atom. The molecule has 0 bridgehead atoms. The molecular weight excluding hydrogens is 180 g/mol. The van der Waals surface area contributed by atoms with Crippen LogP contribution < -0.4 is 5.32 Å². The number of rotatable bonds is 4. The van der Waals surface area contributed by atoms with Crippen LogP contribution in [-0.4, -0.2) is 49.7 Å². The Hall–Kier alpha value is -0.610. The fraction of sp³-hybridized carbons (Fsp3) is 0.900. The summed E-state index contributed by atoms with van der Waals surface area (Å²) in [6.07, 6.45) is 0.894. The smallest absolute Gasteiger partial charge is 0.219 e. The summed E-state index contributed by atoms with van der Waals surface area (Å²) >= 11 is 0. The van der Waals surface area contributed by atoms with Crippen molar-refractivity contribution in [2.24, 2.45) is 0 Å². The van der Waals surface area contributed by atoms with Gasteiger partial charge < -0.3 is 10.1 Å². The van der Waals surface area contributed by atoms with Crippen molar-refractivity contribution in [2.75, 3.05) is 32.8 Å². The van der Waals surface area contributed by atoms with Crippen LogP contribution in [0.25, 0.3) is 0 Å². The van der Waals surface area contributed by atoms with Gasteiger partial charge in [-0.2, -0.15) is 0 Å². The highest BCUT2D eigenvalue weighted by atomic mass is 16.5. The standard InChI is InChI=1S/C10H20N2O2/c1-3-10(13)11-4-5-12-6-7-14-9(2)8-12/h9H,3-8H2,1-2H3,(H,11,13)/t9-/m0/s1. The van der Waals surface area contributed by atoms with Crippen molar-refractivity contribution >= 4 is 5.91 Å². The first-order valence-corrected chi connectivity index (χ1v) is 5.33. The van der Waals surface area contributed by atoms with Gasteiger partial charge in [-0.15, -0.1) is 0 Å². The highest BCUT2D eigenvalue weighted by molar-refractivity contribution is 5.75. The van der Waals surface area contributed by atoms with Crippen LogP contribution in [0.2, 0.25) is 0 Å². The van der Waals surface area contributed by atoms with E-state index >= 15 is 0 Å². The molecule has 0 unspecified atom stereocenters. The van der Waals surface area contributed by atoms with Crippen LogP contribution in [0.4, 0.5) is 0 Å². The molecule has 1 amide bonds. The van der Waals surface area contributed by atoms with Crippen molar-refractivity contribution in [3.8, 4) is 0 Å². The summed E-state index contributed by atoms with van der Waals surface area (Å²) in [5.74, 6) is 0.131. The molecule has 1 rings (SSSR count). The third kappa shape index (κ3) is 4.07. The van der Waals surface area contributed by atoms with Gasteiger partial charge in [0.15, 0.2) is 0 Å². The van der Waals surface area contributed by atoms with E-state index in [0.29, 0.717) is 12.5 Å². The zero-order valence-corrected chi connectivity index (χ0v) is 9.08. The molecule has 0 aliphatic carbocycles. The number of hydrogen-bond acceptors (Lipinski definition) is 3. The highest BCUT2D eigenvalue weighted by Crippen LogP contribution is 2.02. The lowest BCUT2D eigenvalue weighted by Gasteiger charge is -2.30. The maximum Gasteiger partial charge on any atom is 0.219 e. The summed E-state index contributed by atoms with van der Waals surface area (Å²) in [6.45, 7) is 8.39. The summed E-state index contributed by atoms with van der Waals surface area (Å²) in [4.78, 5) is 13.3. The molecule has 1 N–H and O–H groups in total. The second-order valence-corrected chi connectivity index (χ2v) is 3.69. The van der Waals surface area contributed by atoms with Gasteiger partial charge in [0.1, 0.15) is 0 Å². The Labute approximate surface area is 85.6 Å². The summed E-state index contributed by atoms with van der Waals surface area (Å²) in [7, 11) is 0. The maximum absolute atomic E-state index is 11.0. The van der Waals surface area contributed by atoms with Gasteiger partial charge in [0.25, 0.3) is 0 Å². The molecule has 0 aromatic carbocycles. The van der Waals surface area contributed by atoms with Gasteiger partial charge in [0.2, 0.25) is 5.91 Å². The predicted octanol–water partition coefficient (Wildman–Crippen LogP) is 0.233. The van der Waals surface area contributed by atoms with E-state index in [4.69, 9.17) is 4.74 Å². The zero-order chi connectivity index (χ0) is 10.4. The lowest BCUT2D eigenvalue weighted by Crippen LogP contribution is -2.44. The fourth-order valence-electron chi connectivity index (χ4n) is 1.57. The normalized spacial score (nSPS) is 23.4. The molecule has 0 radical (unpaired) electrons. The van der Waals surface area contributed by atoms with E-state index in [1.54, 1.807) is 0 Å². The fourth-order valence-corrected chi connectivity index (χ4v) is 1.57. The number of ether oxygens (including phenoxy) is 1. The van der Waals surface area contributed by atoms with Crippen molar-refractivity contribution in [3.05, 3.63) is 0 Å². The van der Waals surface area contributed by atoms with Gasteiger partial charge in [-0.3, -0.25) is 9.69 Å². The largest absolute Gasteiger partial charge is 0.376 e. The average molecular weight is 200 g/mol. The van der Waals surface area contributed by atoms with Crippen LogP contribution in [0.1, 0.15) is 20.3 Å². The Kier molecular flexibility index (Phi) is 4.90. The zero-order valence-electron chi connectivity index (χ0n) is 9.08. The van der Waals surface area contributed by atoms with E-state index < -0.39 is 0 Å². The highest BCUT2D eigenvalue weighted by Gasteiger charge is 2.15. The van der Waals surface area contributed by atoms with Crippen molar-refractivity contribution in [1.29, 1.82) is 0 Å². The van der Waals surface area contributed by atoms with Crippen LogP contribution in [0.3, 0.4) is 0 Å². The molecule has 1 saturated heterocycles. The lowest BCUT2D eigenvalue weighted by atomic mass is 10.3. The number of nitrogens with one attached hydrogen (secondary N) is 1. The predicted molar refractivity (Wildman–Crippen MR) is 55.2 cm³/mol. The van der Waals surface area contributed by atoms with Gasteiger partial charge in [-0.1, -0.05) is 6.92 Å². The molecular formula is C10H20N2O2. The summed E-state index contributed by atoms with van der Waals surface area (Å²) < 4.78 is 5.43. The molecule has 0 aromatic rings. The number of carbonyl (C=O) groups excluding carboxylic acids is 1. The van der Waals surface area contributed by atoms with Gasteiger partial charge in [-0.05, 0) is 6.92 Å². The number of hydrogen-bond donors (Lipinski definition) is 1. The van der Waals surface area contributed by atoms with Crippen LogP contribution in [0.5, 0.6) is 0 Å². The molecule has 0 aromatic heterocycles. The van der Waals surface area contributed by atoms with Gasteiger partial charge in [0, 0.05) is 32.6 Å². The van der Waals surface area contributed by atoms with E-state index in [2.05, 4.69) is 17.1 Å². The van der Waals surface area contributed by atoms with Crippen LogP contribution in [-0.2, 0) is 9.53 Å². The number of amides is 1. The minimum Gasteiger partial charge on any atom is -0.376 e. The first kappa shape index (κ1) is 11.5. The number of nitrogens with zero attached hydrogens (tertiary/aromatic N) is 1. The van der Waals surface area contributed by atoms with Crippen molar-refractivity contribution in [3.63, 3.8) is 0 Å². The second kappa shape index (κ2) is 5.98. The average Bonchev–Trinajstić information content (AvgIpc) is 2.17. The number of morpholine rings is 1. The first-order valence-electron chi connectivity index (χ1n) is 5.33. The van der Waals surface area contributed by atoms with Crippen LogP contribution >= 0.6 is 0 Å². The van der Waals surface area contributed by atoms with Gasteiger partial charge in [0.05, 0.1) is 12.7 Å². The van der Waals surface area contributed by atoms with E-state index in [9.17, 15) is 4.79 Å². The summed E-state index contributed by atoms with van der Waals surface area (Å²) in [5.41, 5.74) is 0. The Balaban J connectivity index is 2.08. The molecule has 4 nitrogen and oxygen atoms in total. The summed E-state index contributed by atoms with van der Waals surface area (Å²) in [6, 6.07) is 0. The SMILES string of the molecule is CCC(=O)NCCN1CCO[C@@H](C)C1. The molecule has 1 aliphatic heterocycles. The van der Waals surface area contributed by atoms with Crippen molar-refractivity contribution in [1.82, 2.24) is 10.2 Å². The van der Waals surface area contributed by atoms with Crippen LogP contribution in [0.15, 0.2) is 0 Å². The third-order valence-electron chi connectivity index (χ3n) is 2.40. The van der Waals surface area contributed by atoms with E-state index in [-0.39, 0.29) is 5.91 Å². The topological polar surface area (TPSA) is 41.6 Å². The number of carbonyl (C=O) groups is 1. The Morgan fingerprint density at radius 3 is 3.07 bits per heavy atom. The monoisotopic (exact) mass is 200 g/mol. The quantitative estimate of drug-likeness (QED) is 0.706. The summed E-state index contributed by atoms with van der Waals surface area (Å²) in [5, 5.41) is 2.87. The molecule has 1 heterocycles. The second-order valence-electron chi connectivity index (χ2n) is 3.69. The molecule has 1 atom stereocenters. The maximum atomic E-state index is 11.0. The van der Waals surface area contributed by atoms with Gasteiger partial charge in [-0.25, -0.2) is 0 Å².